The van der Waals surface area contributed by atoms with Gasteiger partial charge in [0.25, 0.3) is 0 Å². The van der Waals surface area contributed by atoms with Crippen molar-refractivity contribution in [2.24, 2.45) is 16.5 Å². The van der Waals surface area contributed by atoms with Crippen molar-refractivity contribution in [1.29, 1.82) is 0 Å². The predicted molar refractivity (Wildman–Crippen MR) is 98.6 cm³/mol. The average Bonchev–Trinajstić information content (AvgIpc) is 2.58. The fourth-order valence-corrected chi connectivity index (χ4v) is 3.07. The molecule has 0 aliphatic heterocycles. The van der Waals surface area contributed by atoms with Crippen LogP contribution in [0.1, 0.15) is 16.7 Å². The molecule has 0 atom stereocenters. The Hall–Kier alpha value is -3.02. The van der Waals surface area contributed by atoms with Crippen LogP contribution in [0.15, 0.2) is 59.6 Å². The SMILES string of the molecule is Cc1cc(C(F)(F)F)ccc1-c1cccc2c(CN=C(N)N)cccc12. The molecule has 3 aromatic carbocycles. The molecule has 26 heavy (non-hydrogen) atoms. The maximum Gasteiger partial charge on any atom is 0.416 e. The van der Waals surface area contributed by atoms with E-state index in [1.165, 1.54) is 12.1 Å². The van der Waals surface area contributed by atoms with Gasteiger partial charge in [0.2, 0.25) is 0 Å². The van der Waals surface area contributed by atoms with Crippen molar-refractivity contribution in [3.05, 3.63) is 71.3 Å². The second kappa shape index (κ2) is 6.71. The first kappa shape index (κ1) is 17.8. The van der Waals surface area contributed by atoms with Crippen molar-refractivity contribution in [3.63, 3.8) is 0 Å². The van der Waals surface area contributed by atoms with Gasteiger partial charge in [0, 0.05) is 0 Å². The number of guanidine groups is 1. The second-order valence-electron chi connectivity index (χ2n) is 6.09. The summed E-state index contributed by atoms with van der Waals surface area (Å²) in [6.07, 6.45) is -4.35. The Kier molecular flexibility index (Phi) is 4.59. The maximum atomic E-state index is 12.9. The molecular formula is C20H18F3N3. The minimum atomic E-state index is -4.35. The molecule has 0 saturated heterocycles. The molecule has 0 spiro atoms. The van der Waals surface area contributed by atoms with E-state index < -0.39 is 11.7 Å². The fourth-order valence-electron chi connectivity index (χ4n) is 3.07. The summed E-state index contributed by atoms with van der Waals surface area (Å²) in [4.78, 5) is 4.05. The number of aliphatic imine (C=N–C) groups is 1. The highest BCUT2D eigenvalue weighted by Crippen LogP contribution is 2.36. The Balaban J connectivity index is 2.15. The van der Waals surface area contributed by atoms with Gasteiger partial charge < -0.3 is 11.5 Å². The summed E-state index contributed by atoms with van der Waals surface area (Å²) >= 11 is 0. The smallest absolute Gasteiger partial charge is 0.370 e. The van der Waals surface area contributed by atoms with E-state index in [-0.39, 0.29) is 5.96 Å². The van der Waals surface area contributed by atoms with Crippen LogP contribution < -0.4 is 11.5 Å². The first-order chi connectivity index (χ1) is 12.3. The molecular weight excluding hydrogens is 339 g/mol. The lowest BCUT2D eigenvalue weighted by Gasteiger charge is -2.14. The zero-order chi connectivity index (χ0) is 18.9. The highest BCUT2D eigenvalue weighted by Gasteiger charge is 2.30. The molecule has 0 fully saturated rings. The maximum absolute atomic E-state index is 12.9. The van der Waals surface area contributed by atoms with E-state index in [1.807, 2.05) is 36.4 Å². The summed E-state index contributed by atoms with van der Waals surface area (Å²) in [6.45, 7) is 2.03. The van der Waals surface area contributed by atoms with Gasteiger partial charge in [-0.15, -0.1) is 0 Å². The van der Waals surface area contributed by atoms with E-state index in [1.54, 1.807) is 6.92 Å². The Labute approximate surface area is 149 Å². The summed E-state index contributed by atoms with van der Waals surface area (Å²) in [5.41, 5.74) is 13.3. The van der Waals surface area contributed by atoms with Gasteiger partial charge in [0.15, 0.2) is 5.96 Å². The van der Waals surface area contributed by atoms with E-state index in [4.69, 9.17) is 11.5 Å². The number of fused-ring (bicyclic) bond motifs is 1. The summed E-state index contributed by atoms with van der Waals surface area (Å²) in [7, 11) is 0. The van der Waals surface area contributed by atoms with Crippen molar-refractivity contribution >= 4 is 16.7 Å². The first-order valence-corrected chi connectivity index (χ1v) is 8.01. The molecule has 0 saturated carbocycles. The molecule has 0 radical (unpaired) electrons. The van der Waals surface area contributed by atoms with E-state index in [9.17, 15) is 13.2 Å². The fraction of sp³-hybridized carbons (Fsp3) is 0.150. The van der Waals surface area contributed by atoms with Crippen molar-refractivity contribution in [1.82, 2.24) is 0 Å². The van der Waals surface area contributed by atoms with Gasteiger partial charge in [0.05, 0.1) is 12.1 Å². The molecule has 0 aliphatic rings. The molecule has 0 aromatic heterocycles. The number of nitrogens with two attached hydrogens (primary N) is 2. The summed E-state index contributed by atoms with van der Waals surface area (Å²) < 4.78 is 38.8. The monoisotopic (exact) mass is 357 g/mol. The third kappa shape index (κ3) is 3.49. The standard InChI is InChI=1S/C20H18F3N3/c1-12-10-14(20(21,22)23)8-9-15(12)17-7-3-5-16-13(11-26-19(24)25)4-2-6-18(16)17/h2-10H,11H2,1H3,(H4,24,25,26). The van der Waals surface area contributed by atoms with Crippen molar-refractivity contribution < 1.29 is 13.2 Å². The quantitative estimate of drug-likeness (QED) is 0.531. The number of nitrogens with zero attached hydrogens (tertiary/aromatic N) is 1. The summed E-state index contributed by atoms with van der Waals surface area (Å²) in [5, 5.41) is 1.91. The lowest BCUT2D eigenvalue weighted by Crippen LogP contribution is -2.22. The normalized spacial score (nSPS) is 11.5. The molecule has 0 bridgehead atoms. The topological polar surface area (TPSA) is 64.4 Å². The Morgan fingerprint density at radius 2 is 1.62 bits per heavy atom. The molecule has 3 aromatic rings. The number of halogens is 3. The third-order valence-electron chi connectivity index (χ3n) is 4.29. The molecule has 3 nitrogen and oxygen atoms in total. The van der Waals surface area contributed by atoms with Crippen molar-refractivity contribution in [2.75, 3.05) is 0 Å². The highest BCUT2D eigenvalue weighted by molar-refractivity contribution is 5.99. The molecule has 0 aliphatic carbocycles. The van der Waals surface area contributed by atoms with Crippen LogP contribution in [0, 0.1) is 6.92 Å². The van der Waals surface area contributed by atoms with Crippen LogP contribution in [0.4, 0.5) is 13.2 Å². The van der Waals surface area contributed by atoms with E-state index >= 15 is 0 Å². The van der Waals surface area contributed by atoms with Crippen molar-refractivity contribution in [3.8, 4) is 11.1 Å². The minimum absolute atomic E-state index is 0.0109. The molecule has 0 unspecified atom stereocenters. The number of hydrogen-bond donors (Lipinski definition) is 2. The first-order valence-electron chi connectivity index (χ1n) is 8.01. The lowest BCUT2D eigenvalue weighted by molar-refractivity contribution is -0.137. The van der Waals surface area contributed by atoms with E-state index in [0.29, 0.717) is 12.1 Å². The van der Waals surface area contributed by atoms with Crippen LogP contribution in [0.25, 0.3) is 21.9 Å². The molecule has 0 amide bonds. The third-order valence-corrected chi connectivity index (χ3v) is 4.29. The summed E-state index contributed by atoms with van der Waals surface area (Å²) in [6, 6.07) is 15.3. The Morgan fingerprint density at radius 1 is 0.923 bits per heavy atom. The van der Waals surface area contributed by atoms with Gasteiger partial charge in [-0.25, -0.2) is 4.99 Å². The zero-order valence-electron chi connectivity index (χ0n) is 14.1. The van der Waals surface area contributed by atoms with Gasteiger partial charge >= 0.3 is 6.18 Å². The predicted octanol–water partition coefficient (Wildman–Crippen LogP) is 4.61. The number of benzene rings is 3. The summed E-state index contributed by atoms with van der Waals surface area (Å²) in [5.74, 6) is 0.0109. The number of hydrogen-bond acceptors (Lipinski definition) is 1. The van der Waals surface area contributed by atoms with Crippen LogP contribution in [0.3, 0.4) is 0 Å². The number of rotatable bonds is 3. The molecule has 0 heterocycles. The van der Waals surface area contributed by atoms with E-state index in [0.717, 1.165) is 33.5 Å². The van der Waals surface area contributed by atoms with Crippen LogP contribution in [-0.4, -0.2) is 5.96 Å². The number of aryl methyl sites for hydroxylation is 1. The van der Waals surface area contributed by atoms with Gasteiger partial charge in [-0.2, -0.15) is 13.2 Å². The molecule has 4 N–H and O–H groups in total. The Bertz CT molecular complexity index is 987. The van der Waals surface area contributed by atoms with Crippen molar-refractivity contribution in [2.45, 2.75) is 19.6 Å². The molecule has 134 valence electrons. The number of alkyl halides is 3. The lowest BCUT2D eigenvalue weighted by atomic mass is 9.92. The van der Waals surface area contributed by atoms with Crippen LogP contribution in [0.5, 0.6) is 0 Å². The minimum Gasteiger partial charge on any atom is -0.370 e. The molecule has 6 heteroatoms. The van der Waals surface area contributed by atoms with Crippen LogP contribution >= 0.6 is 0 Å². The van der Waals surface area contributed by atoms with Crippen LogP contribution in [0.2, 0.25) is 0 Å². The van der Waals surface area contributed by atoms with E-state index in [2.05, 4.69) is 4.99 Å². The van der Waals surface area contributed by atoms with Gasteiger partial charge in [-0.05, 0) is 52.1 Å². The highest BCUT2D eigenvalue weighted by atomic mass is 19.4. The second-order valence-corrected chi connectivity index (χ2v) is 6.09. The molecule has 3 rings (SSSR count). The van der Waals surface area contributed by atoms with Gasteiger partial charge in [-0.1, -0.05) is 42.5 Å². The van der Waals surface area contributed by atoms with Crippen LogP contribution in [-0.2, 0) is 12.7 Å². The largest absolute Gasteiger partial charge is 0.416 e. The van der Waals surface area contributed by atoms with Gasteiger partial charge in [0.1, 0.15) is 0 Å². The Morgan fingerprint density at radius 3 is 2.27 bits per heavy atom. The van der Waals surface area contributed by atoms with Gasteiger partial charge in [-0.3, -0.25) is 0 Å². The average molecular weight is 357 g/mol. The zero-order valence-corrected chi connectivity index (χ0v) is 14.1.